The third kappa shape index (κ3) is 5.11. The lowest BCUT2D eigenvalue weighted by Crippen LogP contribution is -2.27. The summed E-state index contributed by atoms with van der Waals surface area (Å²) in [5, 5.41) is 0.262. The number of benzene rings is 2. The average molecular weight is 506 g/mol. The maximum absolute atomic E-state index is 12.5. The summed E-state index contributed by atoms with van der Waals surface area (Å²) < 4.78 is 55.7. The van der Waals surface area contributed by atoms with Gasteiger partial charge in [0.25, 0.3) is 20.0 Å². The number of nitrogens with zero attached hydrogens (tertiary/aromatic N) is 1. The Morgan fingerprint density at radius 1 is 0.733 bits per heavy atom. The Balaban J connectivity index is 1.97. The zero-order valence-electron chi connectivity index (χ0n) is 14.7. The molecule has 3 rings (SSSR count). The molecule has 2 aromatic rings. The number of carbonyl (C=O) groups is 1. The van der Waals surface area contributed by atoms with Gasteiger partial charge < -0.3 is 0 Å². The number of Topliss-reactive ketones (excluding diaryl/α,β-unsaturated/α-hetero) is 1. The number of hydrogen-bond acceptors (Lipinski definition) is 5. The lowest BCUT2D eigenvalue weighted by Gasteiger charge is -2.13. The van der Waals surface area contributed by atoms with Crippen LogP contribution in [0, 0.1) is 0 Å². The van der Waals surface area contributed by atoms with Crippen molar-refractivity contribution in [2.45, 2.75) is 9.79 Å². The van der Waals surface area contributed by atoms with Gasteiger partial charge in [-0.25, -0.2) is 8.42 Å². The Morgan fingerprint density at radius 3 is 1.77 bits per heavy atom. The lowest BCUT2D eigenvalue weighted by molar-refractivity contribution is -0.109. The molecule has 0 unspecified atom stereocenters. The highest BCUT2D eigenvalue weighted by Gasteiger charge is 2.25. The smallest absolute Gasteiger partial charge is 0.282 e. The molecule has 30 heavy (non-hydrogen) atoms. The summed E-state index contributed by atoms with van der Waals surface area (Å²) in [5.74, 6) is -0.872. The van der Waals surface area contributed by atoms with E-state index < -0.39 is 36.6 Å². The molecule has 0 bridgehead atoms. The Labute approximate surface area is 187 Å². The van der Waals surface area contributed by atoms with E-state index in [0.717, 1.165) is 12.2 Å². The number of carbonyl (C=O) groups excluding carboxylic acids is 1. The van der Waals surface area contributed by atoms with Crippen LogP contribution >= 0.6 is 34.8 Å². The number of hydrogen-bond donors (Lipinski definition) is 1. The van der Waals surface area contributed by atoms with Gasteiger partial charge in [-0.05, 0) is 60.7 Å². The molecule has 0 aromatic heterocycles. The fourth-order valence-electron chi connectivity index (χ4n) is 2.32. The Bertz CT molecular complexity index is 1310. The van der Waals surface area contributed by atoms with Crippen molar-refractivity contribution in [3.05, 3.63) is 81.5 Å². The monoisotopic (exact) mass is 504 g/mol. The van der Waals surface area contributed by atoms with E-state index in [9.17, 15) is 21.6 Å². The van der Waals surface area contributed by atoms with Crippen molar-refractivity contribution in [3.63, 3.8) is 0 Å². The summed E-state index contributed by atoms with van der Waals surface area (Å²) >= 11 is 17.4. The van der Waals surface area contributed by atoms with Crippen molar-refractivity contribution < 1.29 is 21.6 Å². The quantitative estimate of drug-likeness (QED) is 0.623. The molecule has 0 aliphatic heterocycles. The Kier molecular flexibility index (Phi) is 6.40. The minimum absolute atomic E-state index is 0.0958. The van der Waals surface area contributed by atoms with E-state index in [1.54, 1.807) is 0 Å². The minimum Gasteiger partial charge on any atom is -0.286 e. The second kappa shape index (κ2) is 8.52. The van der Waals surface area contributed by atoms with Crippen LogP contribution < -0.4 is 4.72 Å². The maximum Gasteiger partial charge on any atom is 0.282 e. The molecule has 7 nitrogen and oxygen atoms in total. The van der Waals surface area contributed by atoms with Crippen molar-refractivity contribution in [2.24, 2.45) is 4.40 Å². The first kappa shape index (κ1) is 22.5. The zero-order chi connectivity index (χ0) is 22.1. The van der Waals surface area contributed by atoms with Crippen molar-refractivity contribution in [1.29, 1.82) is 0 Å². The van der Waals surface area contributed by atoms with E-state index in [0.29, 0.717) is 10.0 Å². The molecule has 0 atom stereocenters. The minimum atomic E-state index is -4.27. The van der Waals surface area contributed by atoms with Gasteiger partial charge in [-0.2, -0.15) is 12.8 Å². The number of ketones is 1. The molecule has 0 saturated heterocycles. The number of rotatable bonds is 5. The molecule has 2 aromatic carbocycles. The molecule has 12 heteroatoms. The predicted molar refractivity (Wildman–Crippen MR) is 115 cm³/mol. The van der Waals surface area contributed by atoms with Crippen LogP contribution in [0.3, 0.4) is 0 Å². The topological polar surface area (TPSA) is 110 Å². The van der Waals surface area contributed by atoms with Crippen LogP contribution in [0.1, 0.15) is 0 Å². The summed E-state index contributed by atoms with van der Waals surface area (Å²) in [4.78, 5) is 12.0. The number of halogens is 3. The van der Waals surface area contributed by atoms with Crippen LogP contribution in [0.2, 0.25) is 10.0 Å². The summed E-state index contributed by atoms with van der Waals surface area (Å²) in [7, 11) is -8.32. The van der Waals surface area contributed by atoms with Gasteiger partial charge in [-0.1, -0.05) is 34.8 Å². The SMILES string of the molecule is O=C1C(Cl)=CC(NS(=O)(=O)c2ccc(Cl)cc2)=CC1=NS(=O)(=O)c1ccc(Cl)cc1. The summed E-state index contributed by atoms with van der Waals surface area (Å²) in [6, 6.07) is 10.5. The first-order chi connectivity index (χ1) is 14.0. The van der Waals surface area contributed by atoms with Crippen LogP contribution in [0.4, 0.5) is 0 Å². The van der Waals surface area contributed by atoms with Crippen molar-refractivity contribution in [2.75, 3.05) is 0 Å². The normalized spacial score (nSPS) is 16.2. The van der Waals surface area contributed by atoms with Gasteiger partial charge in [-0.3, -0.25) is 9.52 Å². The average Bonchev–Trinajstić information content (AvgIpc) is 2.66. The molecule has 0 heterocycles. The molecular weight excluding hydrogens is 495 g/mol. The van der Waals surface area contributed by atoms with Gasteiger partial charge in [0, 0.05) is 10.0 Å². The van der Waals surface area contributed by atoms with E-state index in [-0.39, 0.29) is 15.5 Å². The number of allylic oxidation sites excluding steroid dienone is 3. The van der Waals surface area contributed by atoms with E-state index in [2.05, 4.69) is 9.12 Å². The largest absolute Gasteiger partial charge is 0.286 e. The second-order valence-corrected chi connectivity index (χ2v) is 10.5. The van der Waals surface area contributed by atoms with E-state index in [1.807, 2.05) is 0 Å². The summed E-state index contributed by atoms with van der Waals surface area (Å²) in [6.45, 7) is 0. The van der Waals surface area contributed by atoms with E-state index in [1.165, 1.54) is 48.5 Å². The number of nitrogens with one attached hydrogen (secondary N) is 1. The predicted octanol–water partition coefficient (Wildman–Crippen LogP) is 3.69. The standard InChI is InChI=1S/C18H11Cl3N2O5S2/c19-11-1-5-14(6-2-11)29(25,26)22-13-9-16(21)18(24)17(10-13)23-30(27,28)15-7-3-12(20)4-8-15/h1-10,22H. The molecule has 0 amide bonds. The van der Waals surface area contributed by atoms with Gasteiger partial charge in [0.15, 0.2) is 0 Å². The highest BCUT2D eigenvalue weighted by Crippen LogP contribution is 2.21. The van der Waals surface area contributed by atoms with Crippen molar-refractivity contribution in [3.8, 4) is 0 Å². The lowest BCUT2D eigenvalue weighted by atomic mass is 10.1. The molecule has 1 aliphatic carbocycles. The van der Waals surface area contributed by atoms with Crippen molar-refractivity contribution in [1.82, 2.24) is 4.72 Å². The molecule has 1 aliphatic rings. The highest BCUT2D eigenvalue weighted by atomic mass is 35.5. The summed E-state index contributed by atoms with van der Waals surface area (Å²) in [5.41, 5.74) is -0.689. The van der Waals surface area contributed by atoms with Crippen molar-refractivity contribution >= 4 is 66.3 Å². The fourth-order valence-corrected chi connectivity index (χ4v) is 4.81. The fraction of sp³-hybridized carbons (Fsp3) is 0. The Hall–Kier alpha value is -2.17. The number of sulfonamides is 2. The third-order valence-corrected chi connectivity index (χ3v) is 7.22. The second-order valence-electron chi connectivity index (χ2n) is 5.89. The van der Waals surface area contributed by atoms with Gasteiger partial charge in [0.2, 0.25) is 5.78 Å². The van der Waals surface area contributed by atoms with Gasteiger partial charge in [0.05, 0.1) is 20.5 Å². The van der Waals surface area contributed by atoms with Crippen LogP contribution in [-0.4, -0.2) is 28.3 Å². The zero-order valence-corrected chi connectivity index (χ0v) is 18.6. The first-order valence-electron chi connectivity index (χ1n) is 8.00. The Morgan fingerprint density at radius 2 is 1.23 bits per heavy atom. The maximum atomic E-state index is 12.5. The molecular formula is C18H11Cl3N2O5S2. The molecule has 0 radical (unpaired) electrons. The van der Waals surface area contributed by atoms with E-state index >= 15 is 0 Å². The van der Waals surface area contributed by atoms with E-state index in [4.69, 9.17) is 34.8 Å². The van der Waals surface area contributed by atoms with Gasteiger partial charge in [-0.15, -0.1) is 0 Å². The van der Waals surface area contributed by atoms with Crippen LogP contribution in [0.5, 0.6) is 0 Å². The molecule has 0 saturated carbocycles. The molecule has 156 valence electrons. The third-order valence-electron chi connectivity index (χ3n) is 3.73. The van der Waals surface area contributed by atoms with Crippen LogP contribution in [0.15, 0.2) is 85.6 Å². The van der Waals surface area contributed by atoms with Gasteiger partial charge >= 0.3 is 0 Å². The van der Waals surface area contributed by atoms with Crippen LogP contribution in [-0.2, 0) is 24.8 Å². The molecule has 0 spiro atoms. The molecule has 1 N–H and O–H groups in total. The van der Waals surface area contributed by atoms with Gasteiger partial charge in [0.1, 0.15) is 5.71 Å². The molecule has 0 fully saturated rings. The highest BCUT2D eigenvalue weighted by molar-refractivity contribution is 7.90. The summed E-state index contributed by atoms with van der Waals surface area (Å²) in [6.07, 6.45) is 2.04. The van der Waals surface area contributed by atoms with Crippen LogP contribution in [0.25, 0.3) is 0 Å². The first-order valence-corrected chi connectivity index (χ1v) is 12.1.